The molecular weight excluding hydrogens is 227 g/mol. The van der Waals surface area contributed by atoms with Gasteiger partial charge < -0.3 is 4.74 Å². The Morgan fingerprint density at radius 1 is 1.38 bits per heavy atom. The number of ether oxygens (including phenoxy) is 1. The predicted octanol–water partition coefficient (Wildman–Crippen LogP) is 3.61. The first kappa shape index (κ1) is 11.1. The van der Waals surface area contributed by atoms with Crippen molar-refractivity contribution in [2.75, 3.05) is 0 Å². The maximum atomic E-state index is 12.9. The van der Waals surface area contributed by atoms with Crippen LogP contribution in [-0.2, 0) is 4.74 Å². The van der Waals surface area contributed by atoms with Crippen LogP contribution < -0.4 is 0 Å². The summed E-state index contributed by atoms with van der Waals surface area (Å²) < 4.78 is 18.9. The quantitative estimate of drug-likeness (QED) is 0.747. The van der Waals surface area contributed by atoms with Gasteiger partial charge in [0.2, 0.25) is 0 Å². The molecule has 0 saturated carbocycles. The first-order chi connectivity index (χ1) is 7.56. The van der Waals surface area contributed by atoms with E-state index < -0.39 is 0 Å². The molecule has 0 saturated heterocycles. The molecule has 0 radical (unpaired) electrons. The van der Waals surface area contributed by atoms with Gasteiger partial charge in [0.15, 0.2) is 0 Å². The molecule has 1 aromatic heterocycles. The van der Waals surface area contributed by atoms with Crippen molar-refractivity contribution in [1.29, 1.82) is 0 Å². The third-order valence-corrected chi connectivity index (χ3v) is 3.12. The van der Waals surface area contributed by atoms with E-state index in [-0.39, 0.29) is 17.9 Å². The molecule has 16 heavy (non-hydrogen) atoms. The van der Waals surface area contributed by atoms with Crippen LogP contribution in [0.4, 0.5) is 4.39 Å². The monoisotopic (exact) mass is 238 g/mol. The van der Waals surface area contributed by atoms with Crippen LogP contribution in [0.3, 0.4) is 0 Å². The number of hydrogen-bond acceptors (Lipinski definition) is 3. The second-order valence-corrected chi connectivity index (χ2v) is 4.83. The minimum absolute atomic E-state index is 0.144. The molecule has 0 aliphatic heterocycles. The number of halogens is 1. The molecule has 2 nitrogen and oxygen atoms in total. The van der Waals surface area contributed by atoms with E-state index in [1.165, 1.54) is 23.5 Å². The lowest BCUT2D eigenvalue weighted by Crippen LogP contribution is -2.09. The normalized spacial score (nSPS) is 11.0. The number of rotatable bonds is 2. The van der Waals surface area contributed by atoms with Crippen LogP contribution in [0.2, 0.25) is 0 Å². The van der Waals surface area contributed by atoms with Crippen molar-refractivity contribution in [2.45, 2.75) is 20.0 Å². The molecule has 0 unspecified atom stereocenters. The van der Waals surface area contributed by atoms with Gasteiger partial charge in [-0.05, 0) is 43.5 Å². The average Bonchev–Trinajstić information content (AvgIpc) is 2.59. The van der Waals surface area contributed by atoms with E-state index in [9.17, 15) is 9.18 Å². The van der Waals surface area contributed by atoms with Crippen molar-refractivity contribution >= 4 is 27.4 Å². The van der Waals surface area contributed by atoms with E-state index >= 15 is 0 Å². The zero-order valence-corrected chi connectivity index (χ0v) is 9.81. The first-order valence-electron chi connectivity index (χ1n) is 4.96. The van der Waals surface area contributed by atoms with Crippen LogP contribution >= 0.6 is 11.3 Å². The molecule has 0 spiro atoms. The third-order valence-electron chi connectivity index (χ3n) is 2.02. The maximum absolute atomic E-state index is 12.9. The maximum Gasteiger partial charge on any atom is 0.348 e. The number of carbonyl (C=O) groups excluding carboxylic acids is 1. The summed E-state index contributed by atoms with van der Waals surface area (Å²) in [6, 6.07) is 6.13. The topological polar surface area (TPSA) is 26.3 Å². The lowest BCUT2D eigenvalue weighted by atomic mass is 10.2. The predicted molar refractivity (Wildman–Crippen MR) is 62.3 cm³/mol. The molecule has 0 amide bonds. The van der Waals surface area contributed by atoms with Crippen molar-refractivity contribution in [1.82, 2.24) is 0 Å². The summed E-state index contributed by atoms with van der Waals surface area (Å²) >= 11 is 1.31. The van der Waals surface area contributed by atoms with Gasteiger partial charge in [-0.3, -0.25) is 0 Å². The fourth-order valence-electron chi connectivity index (χ4n) is 1.39. The first-order valence-corrected chi connectivity index (χ1v) is 5.78. The van der Waals surface area contributed by atoms with E-state index in [4.69, 9.17) is 4.74 Å². The highest BCUT2D eigenvalue weighted by Gasteiger charge is 2.13. The molecule has 0 aliphatic carbocycles. The fraction of sp³-hybridized carbons (Fsp3) is 0.250. The SMILES string of the molecule is CC(C)OC(=O)c1cc2cc(F)ccc2s1. The smallest absolute Gasteiger partial charge is 0.348 e. The van der Waals surface area contributed by atoms with E-state index in [2.05, 4.69) is 0 Å². The molecule has 4 heteroatoms. The van der Waals surface area contributed by atoms with Gasteiger partial charge in [0.1, 0.15) is 10.7 Å². The molecular formula is C12H11FO2S. The van der Waals surface area contributed by atoms with Gasteiger partial charge >= 0.3 is 5.97 Å². The summed E-state index contributed by atoms with van der Waals surface area (Å²) in [7, 11) is 0. The highest BCUT2D eigenvalue weighted by Crippen LogP contribution is 2.26. The Morgan fingerprint density at radius 3 is 2.81 bits per heavy atom. The lowest BCUT2D eigenvalue weighted by Gasteiger charge is -2.05. The zero-order valence-electron chi connectivity index (χ0n) is 8.99. The minimum Gasteiger partial charge on any atom is -0.459 e. The molecule has 0 atom stereocenters. The number of carbonyl (C=O) groups is 1. The number of hydrogen-bond donors (Lipinski definition) is 0. The van der Waals surface area contributed by atoms with Crippen molar-refractivity contribution in [2.24, 2.45) is 0 Å². The summed E-state index contributed by atoms with van der Waals surface area (Å²) in [5.41, 5.74) is 0. The van der Waals surface area contributed by atoms with Gasteiger partial charge in [-0.15, -0.1) is 11.3 Å². The Morgan fingerprint density at radius 2 is 2.12 bits per heavy atom. The minimum atomic E-state index is -0.350. The summed E-state index contributed by atoms with van der Waals surface area (Å²) in [6.07, 6.45) is -0.144. The average molecular weight is 238 g/mol. The second-order valence-electron chi connectivity index (χ2n) is 3.75. The van der Waals surface area contributed by atoms with Crippen LogP contribution in [-0.4, -0.2) is 12.1 Å². The molecule has 2 aromatic rings. The Kier molecular flexibility index (Phi) is 2.92. The van der Waals surface area contributed by atoms with E-state index in [1.807, 2.05) is 0 Å². The molecule has 2 rings (SSSR count). The van der Waals surface area contributed by atoms with Crippen LogP contribution in [0.25, 0.3) is 10.1 Å². The van der Waals surface area contributed by atoms with Crippen LogP contribution in [0.15, 0.2) is 24.3 Å². The fourth-order valence-corrected chi connectivity index (χ4v) is 2.31. The molecule has 0 aliphatic rings. The third kappa shape index (κ3) is 2.22. The summed E-state index contributed by atoms with van der Waals surface area (Å²) in [5.74, 6) is -0.648. The molecule has 1 aromatic carbocycles. The van der Waals surface area contributed by atoms with Gasteiger partial charge in [0.05, 0.1) is 6.10 Å². The van der Waals surface area contributed by atoms with Crippen molar-refractivity contribution in [3.63, 3.8) is 0 Å². The molecule has 1 heterocycles. The highest BCUT2D eigenvalue weighted by atomic mass is 32.1. The molecule has 0 bridgehead atoms. The Balaban J connectivity index is 2.36. The Hall–Kier alpha value is -1.42. The summed E-state index contributed by atoms with van der Waals surface area (Å²) in [4.78, 5) is 12.1. The number of thiophene rings is 1. The Labute approximate surface area is 96.7 Å². The van der Waals surface area contributed by atoms with Gasteiger partial charge in [0.25, 0.3) is 0 Å². The summed E-state index contributed by atoms with van der Waals surface area (Å²) in [5, 5.41) is 0.737. The number of benzene rings is 1. The second kappa shape index (κ2) is 4.22. The van der Waals surface area contributed by atoms with Crippen LogP contribution in [0.5, 0.6) is 0 Å². The van der Waals surface area contributed by atoms with Gasteiger partial charge in [-0.25, -0.2) is 9.18 Å². The van der Waals surface area contributed by atoms with Crippen molar-refractivity contribution in [3.05, 3.63) is 35.0 Å². The van der Waals surface area contributed by atoms with Crippen molar-refractivity contribution in [3.8, 4) is 0 Å². The molecule has 0 N–H and O–H groups in total. The zero-order chi connectivity index (χ0) is 11.7. The molecule has 0 fully saturated rings. The number of esters is 1. The van der Waals surface area contributed by atoms with Crippen LogP contribution in [0, 0.1) is 5.82 Å². The largest absolute Gasteiger partial charge is 0.459 e. The highest BCUT2D eigenvalue weighted by molar-refractivity contribution is 7.20. The number of fused-ring (bicyclic) bond motifs is 1. The van der Waals surface area contributed by atoms with Gasteiger partial charge in [0, 0.05) is 4.70 Å². The van der Waals surface area contributed by atoms with Gasteiger partial charge in [-0.1, -0.05) is 0 Å². The van der Waals surface area contributed by atoms with Gasteiger partial charge in [-0.2, -0.15) is 0 Å². The van der Waals surface area contributed by atoms with E-state index in [0.717, 1.165) is 10.1 Å². The molecule has 84 valence electrons. The standard InChI is InChI=1S/C12H11FO2S/c1-7(2)15-12(14)11-6-8-5-9(13)3-4-10(8)16-11/h3-7H,1-2H3. The Bertz CT molecular complexity index is 531. The van der Waals surface area contributed by atoms with E-state index in [0.29, 0.717) is 4.88 Å². The van der Waals surface area contributed by atoms with Crippen LogP contribution in [0.1, 0.15) is 23.5 Å². The van der Waals surface area contributed by atoms with E-state index in [1.54, 1.807) is 26.0 Å². The lowest BCUT2D eigenvalue weighted by molar-refractivity contribution is 0.0384. The summed E-state index contributed by atoms with van der Waals surface area (Å²) in [6.45, 7) is 3.59. The van der Waals surface area contributed by atoms with Crippen molar-refractivity contribution < 1.29 is 13.9 Å².